The number of carboxylic acids is 1. The van der Waals surface area contributed by atoms with Crippen molar-refractivity contribution in [1.29, 1.82) is 0 Å². The molecule has 6 nitrogen and oxygen atoms in total. The SMILES string of the molecule is Nc1cccc(C(=O)O)c1NCCn1cccn1. The number of nitrogen functional groups attached to an aromatic ring is 1. The summed E-state index contributed by atoms with van der Waals surface area (Å²) in [6, 6.07) is 6.65. The molecule has 0 saturated heterocycles. The van der Waals surface area contributed by atoms with Gasteiger partial charge in [0.05, 0.1) is 23.5 Å². The number of hydrogen-bond acceptors (Lipinski definition) is 4. The zero-order chi connectivity index (χ0) is 13.0. The highest BCUT2D eigenvalue weighted by atomic mass is 16.4. The fourth-order valence-corrected chi connectivity index (χ4v) is 1.67. The number of rotatable bonds is 5. The van der Waals surface area contributed by atoms with Crippen molar-refractivity contribution in [3.8, 4) is 0 Å². The Kier molecular flexibility index (Phi) is 3.47. The zero-order valence-corrected chi connectivity index (χ0v) is 9.71. The van der Waals surface area contributed by atoms with Crippen LogP contribution < -0.4 is 11.1 Å². The average Bonchev–Trinajstić information content (AvgIpc) is 2.84. The van der Waals surface area contributed by atoms with Crippen molar-refractivity contribution in [2.24, 2.45) is 0 Å². The van der Waals surface area contributed by atoms with E-state index in [9.17, 15) is 4.79 Å². The van der Waals surface area contributed by atoms with Crippen molar-refractivity contribution >= 4 is 17.3 Å². The normalized spacial score (nSPS) is 10.2. The Hall–Kier alpha value is -2.50. The third-order valence-electron chi connectivity index (χ3n) is 2.53. The van der Waals surface area contributed by atoms with Gasteiger partial charge >= 0.3 is 5.97 Å². The summed E-state index contributed by atoms with van der Waals surface area (Å²) in [7, 11) is 0. The fourth-order valence-electron chi connectivity index (χ4n) is 1.67. The van der Waals surface area contributed by atoms with E-state index in [1.165, 1.54) is 6.07 Å². The molecule has 0 aliphatic heterocycles. The van der Waals surface area contributed by atoms with Crippen LogP contribution in [0.4, 0.5) is 11.4 Å². The molecule has 1 aromatic heterocycles. The van der Waals surface area contributed by atoms with Crippen LogP contribution in [0.5, 0.6) is 0 Å². The van der Waals surface area contributed by atoms with Gasteiger partial charge in [0.1, 0.15) is 0 Å². The van der Waals surface area contributed by atoms with Gasteiger partial charge in [-0.15, -0.1) is 0 Å². The number of carbonyl (C=O) groups is 1. The van der Waals surface area contributed by atoms with E-state index in [2.05, 4.69) is 10.4 Å². The van der Waals surface area contributed by atoms with Gasteiger partial charge in [0.2, 0.25) is 0 Å². The molecule has 0 radical (unpaired) electrons. The molecule has 1 heterocycles. The van der Waals surface area contributed by atoms with E-state index in [1.54, 1.807) is 23.0 Å². The van der Waals surface area contributed by atoms with E-state index in [1.807, 2.05) is 12.3 Å². The summed E-state index contributed by atoms with van der Waals surface area (Å²) in [6.45, 7) is 1.19. The minimum Gasteiger partial charge on any atom is -0.478 e. The lowest BCUT2D eigenvalue weighted by Crippen LogP contribution is -2.14. The van der Waals surface area contributed by atoms with Crippen molar-refractivity contribution in [3.05, 3.63) is 42.2 Å². The van der Waals surface area contributed by atoms with Gasteiger partial charge in [0, 0.05) is 18.9 Å². The smallest absolute Gasteiger partial charge is 0.337 e. The molecule has 0 spiro atoms. The Balaban J connectivity index is 2.06. The first-order chi connectivity index (χ1) is 8.68. The molecule has 2 aromatic rings. The second-order valence-electron chi connectivity index (χ2n) is 3.77. The van der Waals surface area contributed by atoms with E-state index in [-0.39, 0.29) is 5.56 Å². The number of hydrogen-bond donors (Lipinski definition) is 3. The van der Waals surface area contributed by atoms with Crippen LogP contribution in [0.15, 0.2) is 36.7 Å². The van der Waals surface area contributed by atoms with Gasteiger partial charge in [0.15, 0.2) is 0 Å². The van der Waals surface area contributed by atoms with Crippen LogP contribution in [-0.4, -0.2) is 27.4 Å². The first-order valence-corrected chi connectivity index (χ1v) is 5.51. The van der Waals surface area contributed by atoms with E-state index in [4.69, 9.17) is 10.8 Å². The van der Waals surface area contributed by atoms with Gasteiger partial charge in [-0.2, -0.15) is 5.10 Å². The number of benzene rings is 1. The van der Waals surface area contributed by atoms with Crippen molar-refractivity contribution < 1.29 is 9.90 Å². The van der Waals surface area contributed by atoms with Crippen molar-refractivity contribution in [3.63, 3.8) is 0 Å². The molecule has 0 fully saturated rings. The highest BCUT2D eigenvalue weighted by molar-refractivity contribution is 5.97. The van der Waals surface area contributed by atoms with Crippen LogP contribution in [-0.2, 0) is 6.54 Å². The average molecular weight is 246 g/mol. The van der Waals surface area contributed by atoms with Gasteiger partial charge < -0.3 is 16.2 Å². The molecule has 1 aromatic carbocycles. The monoisotopic (exact) mass is 246 g/mol. The van der Waals surface area contributed by atoms with Gasteiger partial charge in [-0.25, -0.2) is 4.79 Å². The quantitative estimate of drug-likeness (QED) is 0.691. The van der Waals surface area contributed by atoms with Crippen molar-refractivity contribution in [2.45, 2.75) is 6.54 Å². The maximum absolute atomic E-state index is 11.1. The molecule has 2 rings (SSSR count). The molecule has 94 valence electrons. The minimum atomic E-state index is -0.996. The molecule has 0 saturated carbocycles. The number of para-hydroxylation sites is 1. The van der Waals surface area contributed by atoms with E-state index in [0.29, 0.717) is 24.5 Å². The molecular weight excluding hydrogens is 232 g/mol. The Bertz CT molecular complexity index is 537. The number of aromatic carboxylic acids is 1. The summed E-state index contributed by atoms with van der Waals surface area (Å²) >= 11 is 0. The Morgan fingerprint density at radius 2 is 2.28 bits per heavy atom. The minimum absolute atomic E-state index is 0.176. The molecule has 0 amide bonds. The zero-order valence-electron chi connectivity index (χ0n) is 9.71. The van der Waals surface area contributed by atoms with E-state index in [0.717, 1.165) is 0 Å². The summed E-state index contributed by atoms with van der Waals surface area (Å²) in [5.41, 5.74) is 6.83. The molecule has 0 unspecified atom stereocenters. The lowest BCUT2D eigenvalue weighted by molar-refractivity contribution is 0.0698. The molecular formula is C12H14N4O2. The largest absolute Gasteiger partial charge is 0.478 e. The molecule has 18 heavy (non-hydrogen) atoms. The Morgan fingerprint density at radius 1 is 1.44 bits per heavy atom. The summed E-state index contributed by atoms with van der Waals surface area (Å²) < 4.78 is 1.76. The number of aromatic nitrogens is 2. The fraction of sp³-hybridized carbons (Fsp3) is 0.167. The van der Waals surface area contributed by atoms with Crippen LogP contribution >= 0.6 is 0 Å². The molecule has 0 atom stereocenters. The molecule has 4 N–H and O–H groups in total. The highest BCUT2D eigenvalue weighted by Gasteiger charge is 2.11. The topological polar surface area (TPSA) is 93.2 Å². The van der Waals surface area contributed by atoms with Gasteiger partial charge in [-0.3, -0.25) is 4.68 Å². The third kappa shape index (κ3) is 2.60. The van der Waals surface area contributed by atoms with Gasteiger partial charge in [0.25, 0.3) is 0 Å². The standard InChI is InChI=1S/C12H14N4O2/c13-10-4-1-3-9(12(17)18)11(10)14-6-8-16-7-2-5-15-16/h1-5,7,14H,6,8,13H2,(H,17,18). The predicted molar refractivity (Wildman–Crippen MR) is 68.5 cm³/mol. The summed E-state index contributed by atoms with van der Waals surface area (Å²) in [6.07, 6.45) is 3.54. The number of carboxylic acid groups (broad SMARTS) is 1. The Morgan fingerprint density at radius 3 is 2.94 bits per heavy atom. The van der Waals surface area contributed by atoms with Crippen LogP contribution in [0.3, 0.4) is 0 Å². The summed E-state index contributed by atoms with van der Waals surface area (Å²) in [5, 5.41) is 16.2. The van der Waals surface area contributed by atoms with Crippen molar-refractivity contribution in [1.82, 2.24) is 9.78 Å². The maximum Gasteiger partial charge on any atom is 0.337 e. The Labute approximate surface area is 104 Å². The lowest BCUT2D eigenvalue weighted by atomic mass is 10.1. The third-order valence-corrected chi connectivity index (χ3v) is 2.53. The van der Waals surface area contributed by atoms with Crippen LogP contribution in [0.2, 0.25) is 0 Å². The number of anilines is 2. The number of nitrogens with two attached hydrogens (primary N) is 1. The van der Waals surface area contributed by atoms with Gasteiger partial charge in [-0.05, 0) is 18.2 Å². The number of nitrogens with zero attached hydrogens (tertiary/aromatic N) is 2. The highest BCUT2D eigenvalue weighted by Crippen LogP contribution is 2.23. The van der Waals surface area contributed by atoms with E-state index < -0.39 is 5.97 Å². The molecule has 6 heteroatoms. The second-order valence-corrected chi connectivity index (χ2v) is 3.77. The molecule has 0 aliphatic rings. The first kappa shape index (κ1) is 12.0. The molecule has 0 bridgehead atoms. The molecule has 0 aliphatic carbocycles. The van der Waals surface area contributed by atoms with Crippen molar-refractivity contribution in [2.75, 3.05) is 17.6 Å². The van der Waals surface area contributed by atoms with E-state index >= 15 is 0 Å². The predicted octanol–water partition coefficient (Wildman–Crippen LogP) is 1.28. The van der Waals surface area contributed by atoms with Gasteiger partial charge in [-0.1, -0.05) is 6.07 Å². The summed E-state index contributed by atoms with van der Waals surface area (Å²) in [5.74, 6) is -0.996. The lowest BCUT2D eigenvalue weighted by Gasteiger charge is -2.12. The summed E-state index contributed by atoms with van der Waals surface area (Å²) in [4.78, 5) is 11.1. The van der Waals surface area contributed by atoms with Crippen LogP contribution in [0.1, 0.15) is 10.4 Å². The maximum atomic E-state index is 11.1. The number of nitrogens with one attached hydrogen (secondary N) is 1. The van der Waals surface area contributed by atoms with Crippen LogP contribution in [0.25, 0.3) is 0 Å². The second kappa shape index (κ2) is 5.22. The first-order valence-electron chi connectivity index (χ1n) is 5.51. The van der Waals surface area contributed by atoms with Crippen LogP contribution in [0, 0.1) is 0 Å².